The van der Waals surface area contributed by atoms with Crippen LogP contribution in [0, 0.1) is 0 Å². The second-order valence-electron chi connectivity index (χ2n) is 0.346. The molecule has 0 aliphatic heterocycles. The van der Waals surface area contributed by atoms with Gasteiger partial charge < -0.3 is 16.5 Å². The van der Waals surface area contributed by atoms with Gasteiger partial charge in [0.25, 0.3) is 0 Å². The molecule has 0 saturated carbocycles. The minimum atomic E-state index is -2.17. The van der Waals surface area contributed by atoms with E-state index in [4.69, 9.17) is 15.1 Å². The molecule has 0 unspecified atom stereocenters. The van der Waals surface area contributed by atoms with Crippen LogP contribution in [0.1, 0.15) is 1.43 Å². The molecule has 3 N–H and O–H groups in total. The Balaban J connectivity index is -0.0000000150. The van der Waals surface area contributed by atoms with E-state index >= 15 is 0 Å². The molecule has 1 radical (unpaired) electrons. The fourth-order valence-electron chi connectivity index (χ4n) is 0. The summed E-state index contributed by atoms with van der Waals surface area (Å²) in [5.74, 6) is 0. The summed E-state index contributed by atoms with van der Waals surface area (Å²) in [6.45, 7) is 0. The third kappa shape index (κ3) is 30.0. The zero-order valence-electron chi connectivity index (χ0n) is 4.50. The quantitative estimate of drug-likeness (QED) is 0.336. The van der Waals surface area contributed by atoms with Crippen LogP contribution >= 0.6 is 0 Å². The van der Waals surface area contributed by atoms with Crippen molar-refractivity contribution in [2.75, 3.05) is 0 Å². The molecule has 6 heavy (non-hydrogen) atoms. The van der Waals surface area contributed by atoms with Crippen LogP contribution in [0.3, 0.4) is 0 Å². The van der Waals surface area contributed by atoms with Gasteiger partial charge in [-0.3, -0.25) is 0 Å². The van der Waals surface area contributed by atoms with Gasteiger partial charge in [0.1, 0.15) is 0 Å². The van der Waals surface area contributed by atoms with Gasteiger partial charge in [-0.1, -0.05) is 0 Å². The van der Waals surface area contributed by atoms with E-state index in [-0.39, 0.29) is 85.5 Å². The molecule has 0 fully saturated rings. The second-order valence-corrected chi connectivity index (χ2v) is 0.346. The molecule has 0 aromatic rings. The minimum absolute atomic E-state index is 0. The molecule has 0 heterocycles. The van der Waals surface area contributed by atoms with E-state index in [1.165, 1.54) is 0 Å². The Hall–Kier alpha value is 2.69. The van der Waals surface area contributed by atoms with E-state index in [0.717, 1.165) is 0 Å². The minimum Gasteiger partial charge on any atom is -1.00 e. The van der Waals surface area contributed by atoms with Crippen LogP contribution in [0.15, 0.2) is 0 Å². The normalized spacial score (nSPS) is 4.50. The maximum atomic E-state index is 7.17. The van der Waals surface area contributed by atoms with E-state index in [1.807, 2.05) is 0 Å². The van der Waals surface area contributed by atoms with Gasteiger partial charge in [0.15, 0.2) is 0 Å². The van der Waals surface area contributed by atoms with Crippen molar-refractivity contribution in [3.63, 3.8) is 0 Å². The van der Waals surface area contributed by atoms with E-state index in [1.54, 1.807) is 0 Å². The molecule has 0 aromatic heterocycles. The molecular formula is H4BKO3Y. The summed E-state index contributed by atoms with van der Waals surface area (Å²) in [6, 6.07) is 0. The van der Waals surface area contributed by atoms with Gasteiger partial charge in [-0.05, 0) is 0 Å². The average Bonchev–Trinajstić information content (AvgIpc) is 0.811. The van der Waals surface area contributed by atoms with E-state index < -0.39 is 7.32 Å². The van der Waals surface area contributed by atoms with Gasteiger partial charge >= 0.3 is 58.7 Å². The third-order valence-corrected chi connectivity index (χ3v) is 0. The van der Waals surface area contributed by atoms with Crippen molar-refractivity contribution in [3.05, 3.63) is 0 Å². The van der Waals surface area contributed by atoms with Crippen molar-refractivity contribution < 1.29 is 101 Å². The van der Waals surface area contributed by atoms with E-state index in [9.17, 15) is 0 Å². The predicted octanol–water partition coefficient (Wildman–Crippen LogP) is -4.94. The van der Waals surface area contributed by atoms with Gasteiger partial charge in [0.05, 0.1) is 0 Å². The Morgan fingerprint density at radius 1 is 1.17 bits per heavy atom. The molecule has 0 spiro atoms. The van der Waals surface area contributed by atoms with Crippen LogP contribution in [0.2, 0.25) is 0 Å². The predicted molar refractivity (Wildman–Crippen MR) is 13.5 cm³/mol. The summed E-state index contributed by atoms with van der Waals surface area (Å²) in [5, 5.41) is 21.5. The molecule has 0 bridgehead atoms. The first-order valence-electron chi connectivity index (χ1n) is 0.775. The van der Waals surface area contributed by atoms with Gasteiger partial charge in [-0.15, -0.1) is 0 Å². The summed E-state index contributed by atoms with van der Waals surface area (Å²) in [6.07, 6.45) is 0. The molecule has 0 atom stereocenters. The molecule has 0 amide bonds. The molecule has 6 heteroatoms. The van der Waals surface area contributed by atoms with E-state index in [0.29, 0.717) is 0 Å². The van der Waals surface area contributed by atoms with E-state index in [2.05, 4.69) is 0 Å². The maximum absolute atomic E-state index is 7.17. The van der Waals surface area contributed by atoms with Crippen LogP contribution in [0.25, 0.3) is 0 Å². The van der Waals surface area contributed by atoms with Crippen molar-refractivity contribution in [3.8, 4) is 0 Å². The van der Waals surface area contributed by atoms with Crippen LogP contribution < -0.4 is 51.4 Å². The average molecular weight is 191 g/mol. The first-order valence-corrected chi connectivity index (χ1v) is 0.775. The summed E-state index contributed by atoms with van der Waals surface area (Å²) >= 11 is 0. The first-order chi connectivity index (χ1) is 1.73. The van der Waals surface area contributed by atoms with Crippen LogP contribution in [0.4, 0.5) is 0 Å². The number of hydrogen-bond donors (Lipinski definition) is 3. The topological polar surface area (TPSA) is 60.7 Å². The molecule has 0 rings (SSSR count). The van der Waals surface area contributed by atoms with Crippen molar-refractivity contribution in [2.24, 2.45) is 0 Å². The van der Waals surface area contributed by atoms with Crippen LogP contribution in [-0.4, -0.2) is 22.4 Å². The molecule has 3 nitrogen and oxygen atoms in total. The van der Waals surface area contributed by atoms with Gasteiger partial charge in [-0.2, -0.15) is 0 Å². The summed E-state index contributed by atoms with van der Waals surface area (Å²) < 4.78 is 0. The maximum Gasteiger partial charge on any atom is 1.00 e. The Morgan fingerprint density at radius 2 is 1.17 bits per heavy atom. The monoisotopic (exact) mass is 191 g/mol. The molecule has 0 aliphatic rings. The van der Waals surface area contributed by atoms with Crippen molar-refractivity contribution in [2.45, 2.75) is 0 Å². The Labute approximate surface area is 105 Å². The number of hydrogen-bond acceptors (Lipinski definition) is 3. The molecule has 29 valence electrons. The summed E-state index contributed by atoms with van der Waals surface area (Å²) in [7, 11) is -2.17. The Morgan fingerprint density at radius 3 is 1.17 bits per heavy atom. The molecular weight excluding hydrogens is 187 g/mol. The third-order valence-electron chi connectivity index (χ3n) is 0. The largest absolute Gasteiger partial charge is 1.00 e. The van der Waals surface area contributed by atoms with Crippen LogP contribution in [0.5, 0.6) is 0 Å². The summed E-state index contributed by atoms with van der Waals surface area (Å²) in [4.78, 5) is 0. The van der Waals surface area contributed by atoms with Gasteiger partial charge in [0, 0.05) is 32.7 Å². The zero-order chi connectivity index (χ0) is 3.58. The smallest absolute Gasteiger partial charge is 1.00 e. The molecule has 0 aromatic carbocycles. The fraction of sp³-hybridized carbons (Fsp3) is 0. The van der Waals surface area contributed by atoms with Crippen molar-refractivity contribution in [1.29, 1.82) is 0 Å². The number of rotatable bonds is 0. The SMILES string of the molecule is OB(O)O.[H-].[K+].[Y]. The molecule has 0 aliphatic carbocycles. The van der Waals surface area contributed by atoms with Gasteiger partial charge in [-0.25, -0.2) is 0 Å². The van der Waals surface area contributed by atoms with Crippen molar-refractivity contribution in [1.82, 2.24) is 0 Å². The second kappa shape index (κ2) is 10.6. The Bertz CT molecular complexity index is 19.7. The van der Waals surface area contributed by atoms with Gasteiger partial charge in [0.2, 0.25) is 0 Å². The molecule has 0 saturated heterocycles. The first kappa shape index (κ1) is 15.9. The summed E-state index contributed by atoms with van der Waals surface area (Å²) in [5.41, 5.74) is 0. The fourth-order valence-corrected chi connectivity index (χ4v) is 0. The zero-order valence-corrected chi connectivity index (χ0v) is 9.46. The van der Waals surface area contributed by atoms with Crippen molar-refractivity contribution >= 4 is 7.32 Å². The standard InChI is InChI=1S/BH3O3.K.Y.H/c2-1(3)4;;;/h2-4H;;;/q;+1;;-1. The Kier molecular flexibility index (Phi) is 28.1. The van der Waals surface area contributed by atoms with Crippen LogP contribution in [-0.2, 0) is 32.7 Å².